The van der Waals surface area contributed by atoms with E-state index in [1.165, 1.54) is 6.21 Å². The highest BCUT2D eigenvalue weighted by atomic mass is 16.5. The summed E-state index contributed by atoms with van der Waals surface area (Å²) in [5.74, 6) is 1.31. The zero-order valence-corrected chi connectivity index (χ0v) is 13.3. The van der Waals surface area contributed by atoms with Crippen molar-refractivity contribution in [2.24, 2.45) is 5.10 Å². The molecule has 120 valence electrons. The molecule has 2 aromatic rings. The Labute approximate surface area is 135 Å². The molecule has 0 aliphatic heterocycles. The monoisotopic (exact) mass is 313 g/mol. The molecule has 23 heavy (non-hydrogen) atoms. The topological polar surface area (TPSA) is 72.0 Å². The molecule has 0 saturated carbocycles. The molecule has 0 spiro atoms. The molecule has 6 heteroatoms. The van der Waals surface area contributed by atoms with Crippen LogP contribution in [0.3, 0.4) is 0 Å². The molecule has 2 amide bonds. The first-order valence-electron chi connectivity index (χ1n) is 7.01. The van der Waals surface area contributed by atoms with Crippen LogP contribution in [0.5, 0.6) is 11.5 Å². The standard InChI is InChI=1S/C17H19N3O3/c1-12-6-4-5-7-15(12)19-17(21)20-18-11-13-10-14(22-2)8-9-16(13)23-3/h4-11H,1-3H3,(H2,19,20,21)/b18-11-. The van der Waals surface area contributed by atoms with Gasteiger partial charge in [-0.3, -0.25) is 0 Å². The molecule has 0 atom stereocenters. The smallest absolute Gasteiger partial charge is 0.339 e. The summed E-state index contributed by atoms with van der Waals surface area (Å²) in [6.45, 7) is 1.92. The second-order valence-electron chi connectivity index (χ2n) is 4.75. The molecular formula is C17H19N3O3. The summed E-state index contributed by atoms with van der Waals surface area (Å²) in [6, 6.07) is 12.4. The lowest BCUT2D eigenvalue weighted by atomic mass is 10.2. The van der Waals surface area contributed by atoms with Gasteiger partial charge in [0, 0.05) is 11.3 Å². The van der Waals surface area contributed by atoms with Gasteiger partial charge in [-0.1, -0.05) is 18.2 Å². The summed E-state index contributed by atoms with van der Waals surface area (Å²) in [5, 5.41) is 6.66. The van der Waals surface area contributed by atoms with Gasteiger partial charge >= 0.3 is 6.03 Å². The number of nitrogens with zero attached hydrogens (tertiary/aromatic N) is 1. The van der Waals surface area contributed by atoms with Gasteiger partial charge in [-0.25, -0.2) is 10.2 Å². The lowest BCUT2D eigenvalue weighted by molar-refractivity contribution is 0.252. The number of carbonyl (C=O) groups is 1. The third-order valence-electron chi connectivity index (χ3n) is 3.20. The molecule has 0 bridgehead atoms. The SMILES string of the molecule is COc1ccc(OC)c(/C=N\NC(=O)Nc2ccccc2C)c1. The first kappa shape index (κ1) is 16.4. The minimum absolute atomic E-state index is 0.419. The minimum atomic E-state index is -0.419. The number of para-hydroxylation sites is 1. The highest BCUT2D eigenvalue weighted by Crippen LogP contribution is 2.22. The number of hydrogen-bond acceptors (Lipinski definition) is 4. The van der Waals surface area contributed by atoms with Crippen molar-refractivity contribution >= 4 is 17.9 Å². The minimum Gasteiger partial charge on any atom is -0.497 e. The normalized spacial score (nSPS) is 10.4. The zero-order valence-electron chi connectivity index (χ0n) is 13.3. The van der Waals surface area contributed by atoms with E-state index >= 15 is 0 Å². The predicted octanol–water partition coefficient (Wildman–Crippen LogP) is 3.17. The van der Waals surface area contributed by atoms with Gasteiger partial charge in [0.15, 0.2) is 0 Å². The number of urea groups is 1. The van der Waals surface area contributed by atoms with Gasteiger partial charge in [0.25, 0.3) is 0 Å². The van der Waals surface area contributed by atoms with Crippen molar-refractivity contribution in [1.82, 2.24) is 5.43 Å². The summed E-state index contributed by atoms with van der Waals surface area (Å²) < 4.78 is 10.4. The summed E-state index contributed by atoms with van der Waals surface area (Å²) in [5.41, 5.74) is 4.82. The second-order valence-corrected chi connectivity index (χ2v) is 4.75. The van der Waals surface area contributed by atoms with Crippen molar-refractivity contribution < 1.29 is 14.3 Å². The number of hydrogen-bond donors (Lipinski definition) is 2. The molecular weight excluding hydrogens is 294 g/mol. The molecule has 2 rings (SSSR count). The quantitative estimate of drug-likeness (QED) is 0.658. The van der Waals surface area contributed by atoms with E-state index in [9.17, 15) is 4.79 Å². The number of hydrazone groups is 1. The number of amides is 2. The Hall–Kier alpha value is -3.02. The van der Waals surface area contributed by atoms with Gasteiger partial charge < -0.3 is 14.8 Å². The van der Waals surface area contributed by atoms with Crippen LogP contribution < -0.4 is 20.2 Å². The molecule has 0 heterocycles. The van der Waals surface area contributed by atoms with Crippen LogP contribution in [0.2, 0.25) is 0 Å². The third kappa shape index (κ3) is 4.47. The van der Waals surface area contributed by atoms with Gasteiger partial charge in [0.05, 0.1) is 20.4 Å². The fourth-order valence-corrected chi connectivity index (χ4v) is 1.96. The summed E-state index contributed by atoms with van der Waals surface area (Å²) in [6.07, 6.45) is 1.50. The van der Waals surface area contributed by atoms with Crippen molar-refractivity contribution in [2.45, 2.75) is 6.92 Å². The Morgan fingerprint density at radius 1 is 1.13 bits per heavy atom. The van der Waals surface area contributed by atoms with E-state index in [-0.39, 0.29) is 0 Å². The van der Waals surface area contributed by atoms with Gasteiger partial charge in [-0.15, -0.1) is 0 Å². The fourth-order valence-electron chi connectivity index (χ4n) is 1.96. The number of nitrogens with one attached hydrogen (secondary N) is 2. The molecule has 2 N–H and O–H groups in total. The molecule has 0 aliphatic carbocycles. The van der Waals surface area contributed by atoms with Crippen molar-refractivity contribution in [3.05, 3.63) is 53.6 Å². The highest BCUT2D eigenvalue weighted by molar-refractivity contribution is 5.91. The van der Waals surface area contributed by atoms with E-state index in [1.54, 1.807) is 32.4 Å². The van der Waals surface area contributed by atoms with Crippen LogP contribution in [0.1, 0.15) is 11.1 Å². The van der Waals surface area contributed by atoms with E-state index in [2.05, 4.69) is 15.8 Å². The molecule has 0 radical (unpaired) electrons. The van der Waals surface area contributed by atoms with Crippen LogP contribution in [0.25, 0.3) is 0 Å². The average Bonchev–Trinajstić information content (AvgIpc) is 2.57. The Kier molecular flexibility index (Phi) is 5.57. The largest absolute Gasteiger partial charge is 0.497 e. The van der Waals surface area contributed by atoms with Crippen LogP contribution in [0, 0.1) is 6.92 Å². The molecule has 0 saturated heterocycles. The first-order chi connectivity index (χ1) is 11.1. The van der Waals surface area contributed by atoms with Crippen LogP contribution in [0.15, 0.2) is 47.6 Å². The Bertz CT molecular complexity index is 714. The molecule has 0 aromatic heterocycles. The number of anilines is 1. The van der Waals surface area contributed by atoms with Gasteiger partial charge in [0.2, 0.25) is 0 Å². The Balaban J connectivity index is 2.01. The zero-order chi connectivity index (χ0) is 16.7. The number of carbonyl (C=O) groups excluding carboxylic acids is 1. The number of methoxy groups -OCH3 is 2. The molecule has 0 aliphatic rings. The van der Waals surface area contributed by atoms with Gasteiger partial charge in [-0.2, -0.15) is 5.10 Å². The van der Waals surface area contributed by atoms with E-state index in [4.69, 9.17) is 9.47 Å². The van der Waals surface area contributed by atoms with Crippen molar-refractivity contribution in [3.63, 3.8) is 0 Å². The first-order valence-corrected chi connectivity index (χ1v) is 7.01. The summed E-state index contributed by atoms with van der Waals surface area (Å²) >= 11 is 0. The summed E-state index contributed by atoms with van der Waals surface area (Å²) in [4.78, 5) is 11.8. The van der Waals surface area contributed by atoms with Crippen molar-refractivity contribution in [1.29, 1.82) is 0 Å². The number of benzene rings is 2. The Morgan fingerprint density at radius 2 is 1.91 bits per heavy atom. The molecule has 6 nitrogen and oxygen atoms in total. The number of aryl methyl sites for hydroxylation is 1. The maximum absolute atomic E-state index is 11.8. The summed E-state index contributed by atoms with van der Waals surface area (Å²) in [7, 11) is 3.15. The van der Waals surface area contributed by atoms with Gasteiger partial charge in [-0.05, 0) is 36.8 Å². The average molecular weight is 313 g/mol. The van der Waals surface area contributed by atoms with Crippen LogP contribution >= 0.6 is 0 Å². The third-order valence-corrected chi connectivity index (χ3v) is 3.20. The van der Waals surface area contributed by atoms with E-state index < -0.39 is 6.03 Å². The highest BCUT2D eigenvalue weighted by Gasteiger charge is 2.04. The fraction of sp³-hybridized carbons (Fsp3) is 0.176. The maximum atomic E-state index is 11.8. The van der Waals surface area contributed by atoms with E-state index in [0.29, 0.717) is 17.1 Å². The van der Waals surface area contributed by atoms with E-state index in [1.807, 2.05) is 31.2 Å². The van der Waals surface area contributed by atoms with Crippen LogP contribution in [0.4, 0.5) is 10.5 Å². The second kappa shape index (κ2) is 7.84. The number of ether oxygens (including phenoxy) is 2. The van der Waals surface area contributed by atoms with Crippen molar-refractivity contribution in [2.75, 3.05) is 19.5 Å². The van der Waals surface area contributed by atoms with Gasteiger partial charge in [0.1, 0.15) is 11.5 Å². The van der Waals surface area contributed by atoms with Crippen molar-refractivity contribution in [3.8, 4) is 11.5 Å². The number of rotatable bonds is 5. The van der Waals surface area contributed by atoms with Crippen LogP contribution in [-0.4, -0.2) is 26.5 Å². The Morgan fingerprint density at radius 3 is 2.61 bits per heavy atom. The molecule has 2 aromatic carbocycles. The molecule has 0 unspecified atom stereocenters. The lowest BCUT2D eigenvalue weighted by Crippen LogP contribution is -2.24. The van der Waals surface area contributed by atoms with Crippen LogP contribution in [-0.2, 0) is 0 Å². The predicted molar refractivity (Wildman–Crippen MR) is 90.5 cm³/mol. The molecule has 0 fully saturated rings. The lowest BCUT2D eigenvalue weighted by Gasteiger charge is -2.08. The maximum Gasteiger partial charge on any atom is 0.339 e. The van der Waals surface area contributed by atoms with E-state index in [0.717, 1.165) is 11.3 Å².